The first-order valence-corrected chi connectivity index (χ1v) is 10.1. The summed E-state index contributed by atoms with van der Waals surface area (Å²) in [7, 11) is 1.83. The number of rotatable bonds is 9. The van der Waals surface area contributed by atoms with Crippen molar-refractivity contribution < 1.29 is 9.47 Å². The van der Waals surface area contributed by atoms with Crippen molar-refractivity contribution in [3.05, 3.63) is 0 Å². The van der Waals surface area contributed by atoms with Crippen LogP contribution in [0.5, 0.6) is 0 Å². The van der Waals surface area contributed by atoms with Gasteiger partial charge in [0.2, 0.25) is 0 Å². The quantitative estimate of drug-likeness (QED) is 0.229. The molecule has 0 aromatic carbocycles. The minimum absolute atomic E-state index is 0. The molecule has 0 radical (unpaired) electrons. The van der Waals surface area contributed by atoms with Gasteiger partial charge in [-0.25, -0.2) is 0 Å². The summed E-state index contributed by atoms with van der Waals surface area (Å²) in [5.41, 5.74) is 0. The van der Waals surface area contributed by atoms with Crippen LogP contribution in [0, 0.1) is 5.92 Å². The first kappa shape index (κ1) is 23.9. The SMILES string of the molecule is CN=C(NCCCOCC1CCCO1)NCC(C)N1CCCC(C)C1.I. The van der Waals surface area contributed by atoms with Crippen molar-refractivity contribution in [2.45, 2.75) is 58.1 Å². The molecule has 0 aromatic rings. The molecule has 154 valence electrons. The number of halogens is 1. The molecule has 0 aliphatic carbocycles. The van der Waals surface area contributed by atoms with E-state index in [4.69, 9.17) is 9.47 Å². The molecule has 2 rings (SSSR count). The standard InChI is InChI=1S/C19H38N4O2.HI/c1-16-7-4-10-23(14-16)17(2)13-22-19(20-3)21-9-6-11-24-15-18-8-5-12-25-18;/h16-18H,4-15H2,1-3H3,(H2,20,21,22);1H. The van der Waals surface area contributed by atoms with Crippen LogP contribution in [0.1, 0.15) is 46.0 Å². The first-order chi connectivity index (χ1) is 12.2. The van der Waals surface area contributed by atoms with Crippen LogP contribution in [-0.2, 0) is 9.47 Å². The zero-order valence-corrected chi connectivity index (χ0v) is 19.2. The number of piperidine rings is 1. The molecular formula is C19H39IN4O2. The van der Waals surface area contributed by atoms with E-state index >= 15 is 0 Å². The van der Waals surface area contributed by atoms with Crippen molar-refractivity contribution in [2.75, 3.05) is 53.0 Å². The fraction of sp³-hybridized carbons (Fsp3) is 0.947. The van der Waals surface area contributed by atoms with Crippen LogP contribution < -0.4 is 10.6 Å². The van der Waals surface area contributed by atoms with Gasteiger partial charge in [-0.05, 0) is 51.5 Å². The molecular weight excluding hydrogens is 443 g/mol. The maximum absolute atomic E-state index is 5.69. The summed E-state index contributed by atoms with van der Waals surface area (Å²) >= 11 is 0. The molecule has 7 heteroatoms. The Morgan fingerprint density at radius 3 is 2.85 bits per heavy atom. The molecule has 0 amide bonds. The Bertz CT molecular complexity index is 392. The third-order valence-electron chi connectivity index (χ3n) is 5.19. The Balaban J connectivity index is 0.00000338. The summed E-state index contributed by atoms with van der Waals surface area (Å²) in [6, 6.07) is 0.538. The maximum atomic E-state index is 5.69. The molecule has 6 nitrogen and oxygen atoms in total. The molecule has 3 atom stereocenters. The van der Waals surface area contributed by atoms with Gasteiger partial charge in [-0.1, -0.05) is 6.92 Å². The van der Waals surface area contributed by atoms with Gasteiger partial charge in [0.05, 0.1) is 12.7 Å². The van der Waals surface area contributed by atoms with Crippen LogP contribution in [-0.4, -0.2) is 76.1 Å². The van der Waals surface area contributed by atoms with E-state index in [2.05, 4.69) is 34.4 Å². The van der Waals surface area contributed by atoms with Gasteiger partial charge in [0.15, 0.2) is 5.96 Å². The van der Waals surface area contributed by atoms with E-state index in [0.717, 1.165) is 57.6 Å². The second kappa shape index (κ2) is 14.0. The van der Waals surface area contributed by atoms with E-state index in [0.29, 0.717) is 12.1 Å². The number of nitrogens with zero attached hydrogens (tertiary/aromatic N) is 2. The number of likely N-dealkylation sites (tertiary alicyclic amines) is 1. The van der Waals surface area contributed by atoms with Gasteiger partial charge in [0, 0.05) is 45.9 Å². The van der Waals surface area contributed by atoms with Crippen LogP contribution >= 0.6 is 24.0 Å². The van der Waals surface area contributed by atoms with Crippen molar-refractivity contribution >= 4 is 29.9 Å². The number of guanidine groups is 1. The summed E-state index contributed by atoms with van der Waals surface area (Å²) in [5.74, 6) is 1.71. The van der Waals surface area contributed by atoms with E-state index < -0.39 is 0 Å². The van der Waals surface area contributed by atoms with E-state index in [1.54, 1.807) is 0 Å². The molecule has 2 heterocycles. The van der Waals surface area contributed by atoms with Crippen LogP contribution in [0.15, 0.2) is 4.99 Å². The second-order valence-electron chi connectivity index (χ2n) is 7.53. The second-order valence-corrected chi connectivity index (χ2v) is 7.53. The summed E-state index contributed by atoms with van der Waals surface area (Å²) < 4.78 is 11.2. The zero-order chi connectivity index (χ0) is 17.9. The fourth-order valence-electron chi connectivity index (χ4n) is 3.59. The van der Waals surface area contributed by atoms with Gasteiger partial charge in [-0.2, -0.15) is 0 Å². The third kappa shape index (κ3) is 9.19. The van der Waals surface area contributed by atoms with Gasteiger partial charge in [-0.15, -0.1) is 24.0 Å². The van der Waals surface area contributed by atoms with Crippen LogP contribution in [0.2, 0.25) is 0 Å². The molecule has 0 aromatic heterocycles. The molecule has 2 fully saturated rings. The molecule has 3 unspecified atom stereocenters. The lowest BCUT2D eigenvalue weighted by molar-refractivity contribution is 0.0168. The summed E-state index contributed by atoms with van der Waals surface area (Å²) in [6.07, 6.45) is 6.31. The smallest absolute Gasteiger partial charge is 0.191 e. The summed E-state index contributed by atoms with van der Waals surface area (Å²) in [5, 5.41) is 6.83. The molecule has 0 bridgehead atoms. The lowest BCUT2D eigenvalue weighted by atomic mass is 9.99. The number of nitrogens with one attached hydrogen (secondary N) is 2. The van der Waals surface area contributed by atoms with Gasteiger partial charge in [0.1, 0.15) is 0 Å². The summed E-state index contributed by atoms with van der Waals surface area (Å²) in [4.78, 5) is 6.91. The van der Waals surface area contributed by atoms with Gasteiger partial charge in [-0.3, -0.25) is 9.89 Å². The summed E-state index contributed by atoms with van der Waals surface area (Å²) in [6.45, 7) is 11.3. The lowest BCUT2D eigenvalue weighted by Crippen LogP contribution is -2.48. The molecule has 2 aliphatic heterocycles. The number of aliphatic imine (C=N–C) groups is 1. The Morgan fingerprint density at radius 1 is 1.31 bits per heavy atom. The van der Waals surface area contributed by atoms with E-state index in [1.165, 1.54) is 32.4 Å². The number of ether oxygens (including phenoxy) is 2. The molecule has 0 spiro atoms. The maximum Gasteiger partial charge on any atom is 0.191 e. The Morgan fingerprint density at radius 2 is 2.15 bits per heavy atom. The van der Waals surface area contributed by atoms with Crippen molar-refractivity contribution in [2.24, 2.45) is 10.9 Å². The normalized spacial score (nSPS) is 25.6. The number of hydrogen-bond acceptors (Lipinski definition) is 4. The minimum atomic E-state index is 0. The van der Waals surface area contributed by atoms with Crippen LogP contribution in [0.4, 0.5) is 0 Å². The Hall–Kier alpha value is -0.120. The third-order valence-corrected chi connectivity index (χ3v) is 5.19. The molecule has 26 heavy (non-hydrogen) atoms. The van der Waals surface area contributed by atoms with Crippen molar-refractivity contribution in [3.63, 3.8) is 0 Å². The number of hydrogen-bond donors (Lipinski definition) is 2. The monoisotopic (exact) mass is 482 g/mol. The van der Waals surface area contributed by atoms with Crippen LogP contribution in [0.25, 0.3) is 0 Å². The van der Waals surface area contributed by atoms with Gasteiger partial charge >= 0.3 is 0 Å². The Kier molecular flexibility index (Phi) is 12.8. The first-order valence-electron chi connectivity index (χ1n) is 10.1. The lowest BCUT2D eigenvalue weighted by Gasteiger charge is -2.35. The van der Waals surface area contributed by atoms with Crippen molar-refractivity contribution in [3.8, 4) is 0 Å². The van der Waals surface area contributed by atoms with E-state index in [-0.39, 0.29) is 24.0 Å². The highest BCUT2D eigenvalue weighted by atomic mass is 127. The fourth-order valence-corrected chi connectivity index (χ4v) is 3.59. The minimum Gasteiger partial charge on any atom is -0.379 e. The van der Waals surface area contributed by atoms with Gasteiger partial charge < -0.3 is 20.1 Å². The highest BCUT2D eigenvalue weighted by Crippen LogP contribution is 2.17. The topological polar surface area (TPSA) is 58.1 Å². The molecule has 2 N–H and O–H groups in total. The zero-order valence-electron chi connectivity index (χ0n) is 16.8. The molecule has 2 saturated heterocycles. The largest absolute Gasteiger partial charge is 0.379 e. The highest BCUT2D eigenvalue weighted by Gasteiger charge is 2.20. The predicted molar refractivity (Wildman–Crippen MR) is 119 cm³/mol. The molecule has 0 saturated carbocycles. The van der Waals surface area contributed by atoms with Crippen molar-refractivity contribution in [1.29, 1.82) is 0 Å². The predicted octanol–water partition coefficient (Wildman–Crippen LogP) is 2.48. The Labute approximate surface area is 176 Å². The highest BCUT2D eigenvalue weighted by molar-refractivity contribution is 14.0. The van der Waals surface area contributed by atoms with Crippen molar-refractivity contribution in [1.82, 2.24) is 15.5 Å². The average molecular weight is 482 g/mol. The van der Waals surface area contributed by atoms with E-state index in [9.17, 15) is 0 Å². The molecule has 2 aliphatic rings. The van der Waals surface area contributed by atoms with Gasteiger partial charge in [0.25, 0.3) is 0 Å². The van der Waals surface area contributed by atoms with E-state index in [1.807, 2.05) is 7.05 Å². The van der Waals surface area contributed by atoms with Crippen LogP contribution in [0.3, 0.4) is 0 Å². The average Bonchev–Trinajstić information content (AvgIpc) is 3.13.